The topological polar surface area (TPSA) is 113 Å². The number of para-hydroxylation sites is 1. The zero-order valence-corrected chi connectivity index (χ0v) is 18.7. The fraction of sp³-hybridized carbons (Fsp3) is 0.160. The second kappa shape index (κ2) is 8.03. The van der Waals surface area contributed by atoms with E-state index < -0.39 is 0 Å². The van der Waals surface area contributed by atoms with E-state index in [2.05, 4.69) is 59.1 Å². The molecule has 172 valence electrons. The van der Waals surface area contributed by atoms with E-state index in [1.807, 2.05) is 30.7 Å². The lowest BCUT2D eigenvalue weighted by Crippen LogP contribution is -2.36. The summed E-state index contributed by atoms with van der Waals surface area (Å²) < 4.78 is 7.72. The largest absolute Gasteiger partial charge is 0.378 e. The molecule has 1 aliphatic rings. The normalized spacial score (nSPS) is 14.2. The number of morpholine rings is 1. The minimum atomic E-state index is 0.689. The zero-order valence-electron chi connectivity index (χ0n) is 18.7. The summed E-state index contributed by atoms with van der Waals surface area (Å²) in [5.74, 6) is 0.689. The van der Waals surface area contributed by atoms with Crippen LogP contribution in [0.15, 0.2) is 67.5 Å². The fourth-order valence-corrected chi connectivity index (χ4v) is 4.71. The molecule has 35 heavy (non-hydrogen) atoms. The molecule has 0 aliphatic carbocycles. The molecule has 0 bridgehead atoms. The summed E-state index contributed by atoms with van der Waals surface area (Å²) in [5.41, 5.74) is 7.52. The van der Waals surface area contributed by atoms with Gasteiger partial charge >= 0.3 is 0 Å². The number of hydrogen-bond donors (Lipinski definition) is 2. The van der Waals surface area contributed by atoms with Crippen molar-refractivity contribution in [2.24, 2.45) is 0 Å². The van der Waals surface area contributed by atoms with Crippen LogP contribution in [-0.4, -0.2) is 66.2 Å². The van der Waals surface area contributed by atoms with E-state index in [9.17, 15) is 0 Å². The van der Waals surface area contributed by atoms with E-state index in [4.69, 9.17) is 14.7 Å². The van der Waals surface area contributed by atoms with Crippen LogP contribution < -0.4 is 4.90 Å². The quantitative estimate of drug-likeness (QED) is 0.411. The smallest absolute Gasteiger partial charge is 0.163 e. The van der Waals surface area contributed by atoms with Crippen molar-refractivity contribution in [2.45, 2.75) is 0 Å². The zero-order chi connectivity index (χ0) is 23.2. The molecule has 2 aromatic carbocycles. The van der Waals surface area contributed by atoms with Crippen molar-refractivity contribution >= 4 is 27.6 Å². The number of anilines is 1. The maximum atomic E-state index is 5.58. The van der Waals surface area contributed by atoms with E-state index in [0.717, 1.165) is 63.2 Å². The Labute approximate surface area is 199 Å². The summed E-state index contributed by atoms with van der Waals surface area (Å²) in [7, 11) is 0. The van der Waals surface area contributed by atoms with Crippen LogP contribution in [-0.2, 0) is 4.74 Å². The number of hydrogen-bond acceptors (Lipinski definition) is 7. The highest BCUT2D eigenvalue weighted by Gasteiger charge is 2.20. The molecule has 7 rings (SSSR count). The van der Waals surface area contributed by atoms with E-state index >= 15 is 0 Å². The second-order valence-corrected chi connectivity index (χ2v) is 8.44. The molecule has 0 saturated carbocycles. The number of fused-ring (bicyclic) bond motifs is 2. The number of rotatable bonds is 4. The van der Waals surface area contributed by atoms with Gasteiger partial charge < -0.3 is 14.6 Å². The molecular weight excluding hydrogens is 442 g/mol. The van der Waals surface area contributed by atoms with Gasteiger partial charge in [-0.2, -0.15) is 5.10 Å². The van der Waals surface area contributed by atoms with Crippen molar-refractivity contribution in [1.29, 1.82) is 0 Å². The predicted molar refractivity (Wildman–Crippen MR) is 132 cm³/mol. The molecule has 1 fully saturated rings. The molecule has 6 aromatic rings. The number of H-pyrrole nitrogens is 2. The van der Waals surface area contributed by atoms with Crippen LogP contribution in [0, 0.1) is 0 Å². The van der Waals surface area contributed by atoms with Crippen LogP contribution in [0.1, 0.15) is 0 Å². The lowest BCUT2D eigenvalue weighted by atomic mass is 10.1. The molecule has 5 heterocycles. The van der Waals surface area contributed by atoms with Gasteiger partial charge in [-0.25, -0.2) is 9.97 Å². The molecular formula is C25H21N9O. The molecule has 0 unspecified atom stereocenters. The van der Waals surface area contributed by atoms with E-state index in [1.165, 1.54) is 0 Å². The van der Waals surface area contributed by atoms with E-state index in [1.54, 1.807) is 12.5 Å². The van der Waals surface area contributed by atoms with Crippen molar-refractivity contribution in [3.05, 3.63) is 67.5 Å². The summed E-state index contributed by atoms with van der Waals surface area (Å²) in [6.45, 7) is 3.08. The first-order valence-electron chi connectivity index (χ1n) is 11.4. The van der Waals surface area contributed by atoms with Gasteiger partial charge in [0.1, 0.15) is 12.7 Å². The molecule has 10 heteroatoms. The maximum Gasteiger partial charge on any atom is 0.163 e. The standard InChI is InChI=1S/C25H21N9O/c1-2-4-20-18(3-1)22(11-21(31-20)16-12-28-29-13-16)34-15-27-24-19(25-26-14-30-32-25)9-17(10-23(24)34)33-5-7-35-8-6-33/h1-4,9-15H,5-8H2,(H,28,29)(H,26,30,32). The van der Waals surface area contributed by atoms with Crippen LogP contribution in [0.2, 0.25) is 0 Å². The van der Waals surface area contributed by atoms with Gasteiger partial charge in [0, 0.05) is 41.5 Å². The van der Waals surface area contributed by atoms with Gasteiger partial charge in [-0.15, -0.1) is 10.2 Å². The SMILES string of the molecule is c1ccc2c(-n3cnc4c(-c5nnc[nH]5)cc(N5CCOCC5)cc43)cc(-c3cn[nH]c3)nc2c1. The monoisotopic (exact) mass is 463 g/mol. The van der Waals surface area contributed by atoms with Gasteiger partial charge in [-0.3, -0.25) is 9.67 Å². The molecule has 1 aliphatic heterocycles. The van der Waals surface area contributed by atoms with Crippen LogP contribution in [0.3, 0.4) is 0 Å². The van der Waals surface area contributed by atoms with Crippen LogP contribution >= 0.6 is 0 Å². The third kappa shape index (κ3) is 3.34. The maximum absolute atomic E-state index is 5.58. The molecule has 0 amide bonds. The van der Waals surface area contributed by atoms with Crippen molar-refractivity contribution in [3.8, 4) is 28.3 Å². The highest BCUT2D eigenvalue weighted by atomic mass is 16.5. The Morgan fingerprint density at radius 2 is 1.94 bits per heavy atom. The molecule has 2 N–H and O–H groups in total. The number of aromatic amines is 2. The number of ether oxygens (including phenoxy) is 1. The lowest BCUT2D eigenvalue weighted by molar-refractivity contribution is 0.122. The van der Waals surface area contributed by atoms with Gasteiger partial charge in [0.05, 0.1) is 47.3 Å². The molecule has 1 saturated heterocycles. The number of aromatic nitrogens is 8. The summed E-state index contributed by atoms with van der Waals surface area (Å²) in [4.78, 5) is 15.2. The van der Waals surface area contributed by atoms with E-state index in [0.29, 0.717) is 19.0 Å². The van der Waals surface area contributed by atoms with Gasteiger partial charge in [0.15, 0.2) is 5.82 Å². The van der Waals surface area contributed by atoms with Gasteiger partial charge in [-0.1, -0.05) is 18.2 Å². The highest BCUT2D eigenvalue weighted by molar-refractivity contribution is 5.97. The first-order valence-corrected chi connectivity index (χ1v) is 11.4. The summed E-state index contributed by atoms with van der Waals surface area (Å²) in [6.07, 6.45) is 7.10. The molecule has 4 aromatic heterocycles. The Kier molecular flexibility index (Phi) is 4.56. The van der Waals surface area contributed by atoms with Crippen LogP contribution in [0.5, 0.6) is 0 Å². The number of nitrogens with zero attached hydrogens (tertiary/aromatic N) is 7. The van der Waals surface area contributed by atoms with Gasteiger partial charge in [0.25, 0.3) is 0 Å². The minimum Gasteiger partial charge on any atom is -0.378 e. The number of nitrogens with one attached hydrogen (secondary N) is 2. The molecule has 0 radical (unpaired) electrons. The first kappa shape index (κ1) is 19.9. The highest BCUT2D eigenvalue weighted by Crippen LogP contribution is 2.35. The Morgan fingerprint density at radius 3 is 2.77 bits per heavy atom. The summed E-state index contributed by atoms with van der Waals surface area (Å²) in [5, 5.41) is 16.3. The van der Waals surface area contributed by atoms with Crippen molar-refractivity contribution in [1.82, 2.24) is 39.9 Å². The average Bonchev–Trinajstić information content (AvgIpc) is 3.70. The van der Waals surface area contributed by atoms with Crippen LogP contribution in [0.4, 0.5) is 5.69 Å². The molecule has 0 spiro atoms. The minimum absolute atomic E-state index is 0.689. The fourth-order valence-electron chi connectivity index (χ4n) is 4.71. The van der Waals surface area contributed by atoms with Crippen LogP contribution in [0.25, 0.3) is 50.3 Å². The van der Waals surface area contributed by atoms with Gasteiger partial charge in [0.2, 0.25) is 0 Å². The Morgan fingerprint density at radius 1 is 1.03 bits per heavy atom. The first-order chi connectivity index (χ1) is 17.3. The number of benzene rings is 2. The summed E-state index contributed by atoms with van der Waals surface area (Å²) in [6, 6.07) is 14.6. The Bertz CT molecular complexity index is 1630. The van der Waals surface area contributed by atoms with Gasteiger partial charge in [-0.05, 0) is 24.3 Å². The Balaban J connectivity index is 1.50. The van der Waals surface area contributed by atoms with Crippen molar-refractivity contribution in [2.75, 3.05) is 31.2 Å². The third-order valence-electron chi connectivity index (χ3n) is 6.43. The average molecular weight is 464 g/mol. The lowest BCUT2D eigenvalue weighted by Gasteiger charge is -2.29. The summed E-state index contributed by atoms with van der Waals surface area (Å²) >= 11 is 0. The van der Waals surface area contributed by atoms with Crippen molar-refractivity contribution < 1.29 is 4.74 Å². The van der Waals surface area contributed by atoms with Crippen molar-refractivity contribution in [3.63, 3.8) is 0 Å². The molecule has 10 nitrogen and oxygen atoms in total. The Hall–Kier alpha value is -4.57. The number of imidazole rings is 1. The number of pyridine rings is 1. The third-order valence-corrected chi connectivity index (χ3v) is 6.43. The molecule has 0 atom stereocenters. The van der Waals surface area contributed by atoms with E-state index in [-0.39, 0.29) is 0 Å². The second-order valence-electron chi connectivity index (χ2n) is 8.44. The predicted octanol–water partition coefficient (Wildman–Crippen LogP) is 3.59.